The Kier molecular flexibility index (Phi) is 4.73. The summed E-state index contributed by atoms with van der Waals surface area (Å²) >= 11 is 6.15. The molecule has 0 aromatic heterocycles. The van der Waals surface area contributed by atoms with Gasteiger partial charge in [0, 0.05) is 11.1 Å². The fraction of sp³-hybridized carbons (Fsp3) is 0.500. The topological polar surface area (TPSA) is 81.8 Å². The Hall–Kier alpha value is -1.46. The lowest BCUT2D eigenvalue weighted by Gasteiger charge is -2.14. The first-order valence-corrected chi connectivity index (χ1v) is 6.86. The van der Waals surface area contributed by atoms with Crippen LogP contribution in [0.15, 0.2) is 12.1 Å². The van der Waals surface area contributed by atoms with E-state index in [1.807, 2.05) is 0 Å². The maximum atomic E-state index is 10.8. The van der Waals surface area contributed by atoms with Gasteiger partial charge in [0.2, 0.25) is 0 Å². The molecule has 1 aliphatic carbocycles. The summed E-state index contributed by atoms with van der Waals surface area (Å²) in [6, 6.07) is 2.36. The lowest BCUT2D eigenvalue weighted by Crippen LogP contribution is -2.32. The quantitative estimate of drug-likeness (QED) is 0.805. The predicted octanol–water partition coefficient (Wildman–Crippen LogP) is 2.09. The van der Waals surface area contributed by atoms with Crippen LogP contribution >= 0.6 is 11.6 Å². The number of benzene rings is 1. The lowest BCUT2D eigenvalue weighted by atomic mass is 10.1. The van der Waals surface area contributed by atoms with E-state index in [9.17, 15) is 4.79 Å². The predicted molar refractivity (Wildman–Crippen MR) is 75.5 cm³/mol. The first kappa shape index (κ1) is 14.9. The average Bonchev–Trinajstić information content (AvgIpc) is 3.22. The third-order valence-corrected chi connectivity index (χ3v) is 3.61. The van der Waals surface area contributed by atoms with E-state index in [1.54, 1.807) is 12.1 Å². The van der Waals surface area contributed by atoms with Gasteiger partial charge in [0.1, 0.15) is 6.04 Å². The summed E-state index contributed by atoms with van der Waals surface area (Å²) in [7, 11) is 1.54. The van der Waals surface area contributed by atoms with E-state index in [1.165, 1.54) is 20.0 Å². The van der Waals surface area contributed by atoms with Crippen molar-refractivity contribution < 1.29 is 19.4 Å². The molecule has 0 radical (unpaired) electrons. The molecule has 3 N–H and O–H groups in total. The third kappa shape index (κ3) is 3.77. The van der Waals surface area contributed by atoms with Gasteiger partial charge < -0.3 is 20.3 Å². The second-order valence-corrected chi connectivity index (χ2v) is 5.40. The van der Waals surface area contributed by atoms with Crippen LogP contribution in [0.4, 0.5) is 0 Å². The number of carbonyl (C=O) groups is 1. The standard InChI is InChI=1S/C14H18ClNO4/c1-19-12-5-9(4-11(16)14(17)18)10(15)6-13(12)20-7-8-2-3-8/h5-6,8,11H,2-4,7,16H2,1H3,(H,17,18). The van der Waals surface area contributed by atoms with Crippen LogP contribution in [0.25, 0.3) is 0 Å². The zero-order chi connectivity index (χ0) is 14.7. The number of ether oxygens (including phenoxy) is 2. The van der Waals surface area contributed by atoms with Gasteiger partial charge in [0.25, 0.3) is 0 Å². The minimum Gasteiger partial charge on any atom is -0.493 e. The smallest absolute Gasteiger partial charge is 0.320 e. The van der Waals surface area contributed by atoms with Gasteiger partial charge in [0.05, 0.1) is 13.7 Å². The molecule has 0 bridgehead atoms. The molecule has 6 heteroatoms. The van der Waals surface area contributed by atoms with Gasteiger partial charge in [0.15, 0.2) is 11.5 Å². The monoisotopic (exact) mass is 299 g/mol. The highest BCUT2D eigenvalue weighted by Gasteiger charge is 2.23. The lowest BCUT2D eigenvalue weighted by molar-refractivity contribution is -0.138. The van der Waals surface area contributed by atoms with Crippen molar-refractivity contribution in [2.75, 3.05) is 13.7 Å². The number of carboxylic acid groups (broad SMARTS) is 1. The molecule has 1 aromatic rings. The first-order chi connectivity index (χ1) is 9.51. The summed E-state index contributed by atoms with van der Waals surface area (Å²) in [5, 5.41) is 9.28. The molecule has 0 saturated heterocycles. The molecule has 0 heterocycles. The summed E-state index contributed by atoms with van der Waals surface area (Å²) in [4.78, 5) is 10.8. The Morgan fingerprint density at radius 2 is 2.20 bits per heavy atom. The van der Waals surface area contributed by atoms with Gasteiger partial charge >= 0.3 is 5.97 Å². The molecule has 1 aliphatic rings. The molecule has 110 valence electrons. The van der Waals surface area contributed by atoms with E-state index in [0.717, 1.165) is 0 Å². The van der Waals surface area contributed by atoms with Gasteiger partial charge in [-0.2, -0.15) is 0 Å². The number of carboxylic acids is 1. The van der Waals surface area contributed by atoms with Crippen LogP contribution in [0.3, 0.4) is 0 Å². The first-order valence-electron chi connectivity index (χ1n) is 6.49. The summed E-state index contributed by atoms with van der Waals surface area (Å²) in [5.41, 5.74) is 6.16. The molecule has 1 aromatic carbocycles. The van der Waals surface area contributed by atoms with Crippen molar-refractivity contribution in [2.45, 2.75) is 25.3 Å². The van der Waals surface area contributed by atoms with Gasteiger partial charge in [-0.25, -0.2) is 0 Å². The average molecular weight is 300 g/mol. The number of aliphatic carboxylic acids is 1. The van der Waals surface area contributed by atoms with Crippen LogP contribution in [-0.2, 0) is 11.2 Å². The molecule has 20 heavy (non-hydrogen) atoms. The van der Waals surface area contributed by atoms with E-state index in [2.05, 4.69) is 0 Å². The molecule has 0 aliphatic heterocycles. The van der Waals surface area contributed by atoms with E-state index in [4.69, 9.17) is 31.9 Å². The Labute approximate surface area is 122 Å². The Morgan fingerprint density at radius 3 is 2.75 bits per heavy atom. The second-order valence-electron chi connectivity index (χ2n) is 5.00. The zero-order valence-corrected chi connectivity index (χ0v) is 12.0. The SMILES string of the molecule is COc1cc(CC(N)C(=O)O)c(Cl)cc1OCC1CC1. The fourth-order valence-corrected chi connectivity index (χ4v) is 2.05. The van der Waals surface area contributed by atoms with Crippen LogP contribution in [0.5, 0.6) is 11.5 Å². The van der Waals surface area contributed by atoms with Crippen LogP contribution in [-0.4, -0.2) is 30.8 Å². The molecule has 1 atom stereocenters. The summed E-state index contributed by atoms with van der Waals surface area (Å²) in [6.07, 6.45) is 2.54. The third-order valence-electron chi connectivity index (χ3n) is 3.26. The zero-order valence-electron chi connectivity index (χ0n) is 11.3. The largest absolute Gasteiger partial charge is 0.493 e. The van der Waals surface area contributed by atoms with Crippen molar-refractivity contribution in [1.82, 2.24) is 0 Å². The molecule has 0 spiro atoms. The Bertz CT molecular complexity index is 502. The van der Waals surface area contributed by atoms with Crippen molar-refractivity contribution in [3.8, 4) is 11.5 Å². The molecule has 0 amide bonds. The summed E-state index contributed by atoms with van der Waals surface area (Å²) in [6.45, 7) is 0.653. The molecule has 2 rings (SSSR count). The number of rotatable bonds is 7. The van der Waals surface area contributed by atoms with Crippen molar-refractivity contribution in [1.29, 1.82) is 0 Å². The summed E-state index contributed by atoms with van der Waals surface area (Å²) in [5.74, 6) is 0.687. The molecular weight excluding hydrogens is 282 g/mol. The molecule has 1 unspecified atom stereocenters. The van der Waals surface area contributed by atoms with E-state index >= 15 is 0 Å². The van der Waals surface area contributed by atoms with Crippen LogP contribution < -0.4 is 15.2 Å². The van der Waals surface area contributed by atoms with Gasteiger partial charge in [-0.1, -0.05) is 11.6 Å². The molecule has 1 saturated carbocycles. The number of hydrogen-bond donors (Lipinski definition) is 2. The number of hydrogen-bond acceptors (Lipinski definition) is 4. The van der Waals surface area contributed by atoms with E-state index in [-0.39, 0.29) is 6.42 Å². The van der Waals surface area contributed by atoms with Crippen LogP contribution in [0.1, 0.15) is 18.4 Å². The van der Waals surface area contributed by atoms with Crippen molar-refractivity contribution in [3.63, 3.8) is 0 Å². The van der Waals surface area contributed by atoms with Crippen LogP contribution in [0, 0.1) is 5.92 Å². The van der Waals surface area contributed by atoms with Crippen molar-refractivity contribution in [3.05, 3.63) is 22.7 Å². The van der Waals surface area contributed by atoms with E-state index in [0.29, 0.717) is 34.6 Å². The number of halogens is 1. The van der Waals surface area contributed by atoms with Crippen molar-refractivity contribution in [2.24, 2.45) is 11.7 Å². The number of methoxy groups -OCH3 is 1. The van der Waals surface area contributed by atoms with Gasteiger partial charge in [-0.3, -0.25) is 4.79 Å². The van der Waals surface area contributed by atoms with E-state index < -0.39 is 12.0 Å². The molecule has 5 nitrogen and oxygen atoms in total. The maximum Gasteiger partial charge on any atom is 0.320 e. The molecule has 1 fully saturated rings. The highest BCUT2D eigenvalue weighted by molar-refractivity contribution is 6.31. The fourth-order valence-electron chi connectivity index (χ4n) is 1.82. The maximum absolute atomic E-state index is 10.8. The highest BCUT2D eigenvalue weighted by Crippen LogP contribution is 2.36. The second kappa shape index (κ2) is 6.33. The summed E-state index contributed by atoms with van der Waals surface area (Å²) < 4.78 is 10.9. The van der Waals surface area contributed by atoms with Gasteiger partial charge in [-0.15, -0.1) is 0 Å². The minimum atomic E-state index is -1.06. The van der Waals surface area contributed by atoms with Gasteiger partial charge in [-0.05, 0) is 36.8 Å². The normalized spacial score (nSPS) is 15.8. The highest BCUT2D eigenvalue weighted by atomic mass is 35.5. The minimum absolute atomic E-state index is 0.146. The Balaban J connectivity index is 2.14. The van der Waals surface area contributed by atoms with Crippen LogP contribution in [0.2, 0.25) is 5.02 Å². The van der Waals surface area contributed by atoms with Crippen molar-refractivity contribution >= 4 is 17.6 Å². The number of nitrogens with two attached hydrogens (primary N) is 1. The Morgan fingerprint density at radius 1 is 1.50 bits per heavy atom. The molecular formula is C14H18ClNO4.